The van der Waals surface area contributed by atoms with Crippen molar-refractivity contribution >= 4 is 5.91 Å². The minimum absolute atomic E-state index is 0.00191. The Morgan fingerprint density at radius 2 is 2.12 bits per heavy atom. The molecule has 0 aromatic heterocycles. The fraction of sp³-hybridized carbons (Fsp3) is 0.909. The number of ether oxygens (including phenoxy) is 1. The van der Waals surface area contributed by atoms with E-state index in [9.17, 15) is 9.90 Å². The van der Waals surface area contributed by atoms with Crippen molar-refractivity contribution in [3.8, 4) is 0 Å². The lowest BCUT2D eigenvalue weighted by Crippen LogP contribution is -2.57. The summed E-state index contributed by atoms with van der Waals surface area (Å²) in [6.07, 6.45) is 2.00. The fourth-order valence-corrected chi connectivity index (χ4v) is 2.56. The Balaban J connectivity index is 2.01. The van der Waals surface area contributed by atoms with Crippen molar-refractivity contribution in [2.75, 3.05) is 40.0 Å². The molecular weight excluding hydrogens is 208 g/mol. The number of morpholine rings is 1. The van der Waals surface area contributed by atoms with E-state index in [0.717, 1.165) is 25.9 Å². The summed E-state index contributed by atoms with van der Waals surface area (Å²) in [5, 5.41) is 9.28. The smallest absolute Gasteiger partial charge is 0.249 e. The largest absolute Gasteiger partial charge is 0.394 e. The molecule has 2 fully saturated rings. The van der Waals surface area contributed by atoms with Crippen LogP contribution in [-0.2, 0) is 9.53 Å². The standard InChI is InChI=1S/C11H20N2O3/c1-12-4-2-9(3-5-12)13-10(6-14)7-16-8-11(13)15/h9-10,14H,2-8H2,1H3. The first kappa shape index (κ1) is 11.8. The Hall–Kier alpha value is -0.650. The molecular formula is C11H20N2O3. The molecule has 5 heteroatoms. The summed E-state index contributed by atoms with van der Waals surface area (Å²) in [6.45, 7) is 2.68. The Bertz CT molecular complexity index is 252. The molecule has 0 aromatic carbocycles. The molecule has 0 aliphatic carbocycles. The number of hydrogen-bond acceptors (Lipinski definition) is 4. The number of hydrogen-bond donors (Lipinski definition) is 1. The van der Waals surface area contributed by atoms with Gasteiger partial charge in [-0.05, 0) is 33.0 Å². The number of likely N-dealkylation sites (tertiary alicyclic amines) is 1. The quantitative estimate of drug-likeness (QED) is 0.679. The number of rotatable bonds is 2. The van der Waals surface area contributed by atoms with Crippen molar-refractivity contribution in [2.24, 2.45) is 0 Å². The van der Waals surface area contributed by atoms with Crippen molar-refractivity contribution in [3.05, 3.63) is 0 Å². The summed E-state index contributed by atoms with van der Waals surface area (Å²) < 4.78 is 5.17. The second-order valence-electron chi connectivity index (χ2n) is 4.69. The summed E-state index contributed by atoms with van der Waals surface area (Å²) in [4.78, 5) is 16.0. The first-order valence-electron chi connectivity index (χ1n) is 5.90. The van der Waals surface area contributed by atoms with Gasteiger partial charge in [0.15, 0.2) is 0 Å². The minimum atomic E-state index is -0.144. The highest BCUT2D eigenvalue weighted by Crippen LogP contribution is 2.20. The lowest BCUT2D eigenvalue weighted by atomic mass is 10.0. The molecule has 1 unspecified atom stereocenters. The van der Waals surface area contributed by atoms with Crippen LogP contribution in [0.5, 0.6) is 0 Å². The number of carbonyl (C=O) groups excluding carboxylic acids is 1. The molecule has 2 heterocycles. The van der Waals surface area contributed by atoms with E-state index in [2.05, 4.69) is 11.9 Å². The normalized spacial score (nSPS) is 29.8. The summed E-state index contributed by atoms with van der Waals surface area (Å²) >= 11 is 0. The number of piperidine rings is 1. The second kappa shape index (κ2) is 5.12. The number of nitrogens with zero attached hydrogens (tertiary/aromatic N) is 2. The first-order chi connectivity index (χ1) is 7.72. The van der Waals surface area contributed by atoms with Crippen LogP contribution in [0, 0.1) is 0 Å². The van der Waals surface area contributed by atoms with Crippen LogP contribution in [0.15, 0.2) is 0 Å². The SMILES string of the molecule is CN1CCC(N2C(=O)COCC2CO)CC1. The topological polar surface area (TPSA) is 53.0 Å². The van der Waals surface area contributed by atoms with E-state index in [4.69, 9.17) is 4.74 Å². The van der Waals surface area contributed by atoms with Crippen molar-refractivity contribution < 1.29 is 14.6 Å². The van der Waals surface area contributed by atoms with Gasteiger partial charge in [0.1, 0.15) is 6.61 Å². The molecule has 0 radical (unpaired) electrons. The Morgan fingerprint density at radius 3 is 2.75 bits per heavy atom. The van der Waals surface area contributed by atoms with Gasteiger partial charge in [-0.3, -0.25) is 4.79 Å². The molecule has 1 amide bonds. The van der Waals surface area contributed by atoms with E-state index in [-0.39, 0.29) is 31.2 Å². The van der Waals surface area contributed by atoms with Gasteiger partial charge >= 0.3 is 0 Å². The molecule has 0 bridgehead atoms. The summed E-state index contributed by atoms with van der Waals surface area (Å²) in [7, 11) is 2.10. The highest BCUT2D eigenvalue weighted by molar-refractivity contribution is 5.78. The Kier molecular flexibility index (Phi) is 3.78. The number of carbonyl (C=O) groups is 1. The van der Waals surface area contributed by atoms with E-state index >= 15 is 0 Å². The predicted molar refractivity (Wildman–Crippen MR) is 59.1 cm³/mol. The molecule has 0 spiro atoms. The lowest BCUT2D eigenvalue weighted by Gasteiger charge is -2.43. The summed E-state index contributed by atoms with van der Waals surface area (Å²) in [6, 6.07) is 0.138. The molecule has 16 heavy (non-hydrogen) atoms. The first-order valence-corrected chi connectivity index (χ1v) is 5.90. The zero-order valence-corrected chi connectivity index (χ0v) is 9.76. The van der Waals surface area contributed by atoms with Gasteiger partial charge in [-0.1, -0.05) is 0 Å². The van der Waals surface area contributed by atoms with Gasteiger partial charge in [0, 0.05) is 6.04 Å². The molecule has 2 aliphatic rings. The van der Waals surface area contributed by atoms with Crippen LogP contribution < -0.4 is 0 Å². The van der Waals surface area contributed by atoms with Crippen LogP contribution in [-0.4, -0.2) is 72.9 Å². The third-order valence-electron chi connectivity index (χ3n) is 3.51. The summed E-state index contributed by atoms with van der Waals surface area (Å²) in [5.41, 5.74) is 0. The Labute approximate surface area is 96.0 Å². The molecule has 1 N–H and O–H groups in total. The van der Waals surface area contributed by atoms with Gasteiger partial charge in [-0.25, -0.2) is 0 Å². The van der Waals surface area contributed by atoms with Crippen molar-refractivity contribution in [2.45, 2.75) is 24.9 Å². The van der Waals surface area contributed by atoms with E-state index in [1.165, 1.54) is 0 Å². The summed E-state index contributed by atoms with van der Waals surface area (Å²) in [5.74, 6) is 0.0276. The van der Waals surface area contributed by atoms with E-state index in [1.807, 2.05) is 4.90 Å². The molecule has 5 nitrogen and oxygen atoms in total. The molecule has 92 valence electrons. The number of aliphatic hydroxyl groups excluding tert-OH is 1. The van der Waals surface area contributed by atoms with Crippen LogP contribution in [0.2, 0.25) is 0 Å². The van der Waals surface area contributed by atoms with Gasteiger partial charge in [0.25, 0.3) is 0 Å². The molecule has 0 saturated carbocycles. The highest BCUT2D eigenvalue weighted by Gasteiger charge is 2.35. The molecule has 1 atom stereocenters. The van der Waals surface area contributed by atoms with Crippen molar-refractivity contribution in [1.82, 2.24) is 9.80 Å². The van der Waals surface area contributed by atoms with Gasteiger partial charge in [0.05, 0.1) is 19.3 Å². The van der Waals surface area contributed by atoms with E-state index in [1.54, 1.807) is 0 Å². The maximum atomic E-state index is 11.8. The molecule has 0 aromatic rings. The van der Waals surface area contributed by atoms with Crippen LogP contribution >= 0.6 is 0 Å². The molecule has 2 rings (SSSR count). The third kappa shape index (κ3) is 2.36. The zero-order chi connectivity index (χ0) is 11.5. The average molecular weight is 228 g/mol. The highest BCUT2D eigenvalue weighted by atomic mass is 16.5. The third-order valence-corrected chi connectivity index (χ3v) is 3.51. The number of amides is 1. The molecule has 2 aliphatic heterocycles. The van der Waals surface area contributed by atoms with E-state index in [0.29, 0.717) is 6.61 Å². The van der Waals surface area contributed by atoms with Crippen molar-refractivity contribution in [3.63, 3.8) is 0 Å². The Morgan fingerprint density at radius 1 is 1.44 bits per heavy atom. The average Bonchev–Trinajstić information content (AvgIpc) is 2.30. The molecule has 2 saturated heterocycles. The zero-order valence-electron chi connectivity index (χ0n) is 9.76. The fourth-order valence-electron chi connectivity index (χ4n) is 2.56. The van der Waals surface area contributed by atoms with Gasteiger partial charge in [-0.2, -0.15) is 0 Å². The predicted octanol–water partition coefficient (Wildman–Crippen LogP) is -0.700. The minimum Gasteiger partial charge on any atom is -0.394 e. The van der Waals surface area contributed by atoms with Crippen LogP contribution in [0.3, 0.4) is 0 Å². The van der Waals surface area contributed by atoms with Gasteiger partial charge in [-0.15, -0.1) is 0 Å². The van der Waals surface area contributed by atoms with Crippen molar-refractivity contribution in [1.29, 1.82) is 0 Å². The second-order valence-corrected chi connectivity index (χ2v) is 4.69. The maximum Gasteiger partial charge on any atom is 0.249 e. The lowest BCUT2D eigenvalue weighted by molar-refractivity contribution is -0.155. The van der Waals surface area contributed by atoms with Crippen LogP contribution in [0.1, 0.15) is 12.8 Å². The van der Waals surface area contributed by atoms with Gasteiger partial charge in [0.2, 0.25) is 5.91 Å². The number of aliphatic hydroxyl groups is 1. The van der Waals surface area contributed by atoms with Crippen LogP contribution in [0.25, 0.3) is 0 Å². The van der Waals surface area contributed by atoms with Gasteiger partial charge < -0.3 is 19.6 Å². The van der Waals surface area contributed by atoms with Crippen LogP contribution in [0.4, 0.5) is 0 Å². The van der Waals surface area contributed by atoms with E-state index < -0.39 is 0 Å². The maximum absolute atomic E-state index is 11.8. The monoisotopic (exact) mass is 228 g/mol.